The molecule has 0 bridgehead atoms. The summed E-state index contributed by atoms with van der Waals surface area (Å²) in [7, 11) is 1.33. The molecule has 0 radical (unpaired) electrons. The van der Waals surface area contributed by atoms with Gasteiger partial charge in [0.05, 0.1) is 23.8 Å². The second-order valence-electron chi connectivity index (χ2n) is 10.4. The molecule has 1 aliphatic carbocycles. The van der Waals surface area contributed by atoms with Crippen LogP contribution >= 0.6 is 12.2 Å². The van der Waals surface area contributed by atoms with E-state index in [2.05, 4.69) is 17.2 Å². The highest BCUT2D eigenvalue weighted by molar-refractivity contribution is 7.78. The standard InChI is InChI=1S/C27H34N2O15S/c1-5-12(29-9-45)26(37)44-21-15(8-40-11(3)30)42-24(27(38)7-13(31)18(28)17(23(27)34)25(35)36)20(33)22(21)43-16-6-14(39-4)19(32)10(2)41-16/h5,10,14-16,19-22,24,28,32-34,38H,6-8H2,1-4H3,(H,35,36)/t10-,14-,15-,16-,19+,20-,21-,22+,24?,27?/m1/s1. The van der Waals surface area contributed by atoms with Gasteiger partial charge in [-0.2, -0.15) is 4.99 Å². The largest absolute Gasteiger partial charge is 0.508 e. The molecule has 2 fully saturated rings. The van der Waals surface area contributed by atoms with Gasteiger partial charge < -0.3 is 54.0 Å². The Morgan fingerprint density at radius 3 is 2.44 bits per heavy atom. The van der Waals surface area contributed by atoms with Crippen molar-refractivity contribution in [3.05, 3.63) is 23.1 Å². The summed E-state index contributed by atoms with van der Waals surface area (Å²) in [6.45, 7) is 3.31. The number of hydrogen-bond donors (Lipinski definition) is 6. The fourth-order valence-corrected chi connectivity index (χ4v) is 5.35. The van der Waals surface area contributed by atoms with Gasteiger partial charge in [-0.15, -0.1) is 0 Å². The summed E-state index contributed by atoms with van der Waals surface area (Å²) >= 11 is 4.56. The number of aliphatic hydroxyl groups is 4. The van der Waals surface area contributed by atoms with Crippen LogP contribution < -0.4 is 0 Å². The van der Waals surface area contributed by atoms with Gasteiger partial charge >= 0.3 is 17.9 Å². The maximum Gasteiger partial charge on any atom is 0.357 e. The molecule has 248 valence electrons. The molecular formula is C27H34N2O15S. The number of rotatable bonds is 10. The lowest BCUT2D eigenvalue weighted by atomic mass is 9.74. The van der Waals surface area contributed by atoms with E-state index in [0.29, 0.717) is 0 Å². The molecular weight excluding hydrogens is 624 g/mol. The van der Waals surface area contributed by atoms with E-state index in [1.54, 1.807) is 0 Å². The highest BCUT2D eigenvalue weighted by atomic mass is 32.1. The number of Topliss-reactive ketones (excluding diaryl/α,β-unsaturated/α-hetero) is 1. The number of allylic oxidation sites excluding steroid dienone is 1. The van der Waals surface area contributed by atoms with Gasteiger partial charge in [0.1, 0.15) is 54.2 Å². The third kappa shape index (κ3) is 7.51. The minimum atomic E-state index is -2.96. The molecule has 10 atom stereocenters. The zero-order valence-electron chi connectivity index (χ0n) is 24.6. The Hall–Kier alpha value is -3.45. The van der Waals surface area contributed by atoms with Crippen LogP contribution in [0.25, 0.3) is 0 Å². The number of carbonyl (C=O) groups is 4. The number of ketones is 1. The molecule has 6 N–H and O–H groups in total. The average molecular weight is 659 g/mol. The number of ether oxygens (including phenoxy) is 6. The van der Waals surface area contributed by atoms with Crippen molar-refractivity contribution < 1.29 is 73.1 Å². The number of nitrogens with zero attached hydrogens (tertiary/aromatic N) is 1. The van der Waals surface area contributed by atoms with E-state index < -0.39 is 114 Å². The van der Waals surface area contributed by atoms with Gasteiger partial charge in [0, 0.05) is 20.5 Å². The van der Waals surface area contributed by atoms with Crippen LogP contribution in [-0.2, 0) is 47.6 Å². The lowest BCUT2D eigenvalue weighted by molar-refractivity contribution is -0.325. The number of aliphatic carboxylic acids is 1. The summed E-state index contributed by atoms with van der Waals surface area (Å²) < 4.78 is 33.5. The van der Waals surface area contributed by atoms with Gasteiger partial charge in [-0.1, -0.05) is 6.08 Å². The van der Waals surface area contributed by atoms with Gasteiger partial charge in [0.15, 0.2) is 29.5 Å². The number of isothiocyanates is 1. The van der Waals surface area contributed by atoms with E-state index in [9.17, 15) is 44.7 Å². The first-order valence-corrected chi connectivity index (χ1v) is 14.0. The summed E-state index contributed by atoms with van der Waals surface area (Å²) in [5.41, 5.74) is -5.61. The number of carboxylic acid groups (broad SMARTS) is 1. The van der Waals surface area contributed by atoms with Gasteiger partial charge in [-0.25, -0.2) is 9.59 Å². The first-order chi connectivity index (χ1) is 21.1. The van der Waals surface area contributed by atoms with Crippen molar-refractivity contribution in [3.63, 3.8) is 0 Å². The van der Waals surface area contributed by atoms with E-state index >= 15 is 0 Å². The van der Waals surface area contributed by atoms with Crippen molar-refractivity contribution in [2.24, 2.45) is 4.99 Å². The maximum absolute atomic E-state index is 13.1. The molecule has 45 heavy (non-hydrogen) atoms. The van der Waals surface area contributed by atoms with Gasteiger partial charge in [-0.3, -0.25) is 15.0 Å². The number of carbonyl (C=O) groups excluding carboxylic acids is 3. The first-order valence-electron chi connectivity index (χ1n) is 13.6. The van der Waals surface area contributed by atoms with Crippen LogP contribution in [0.5, 0.6) is 0 Å². The number of esters is 2. The fraction of sp³-hybridized carbons (Fsp3) is 0.630. The van der Waals surface area contributed by atoms with Crippen LogP contribution in [0.3, 0.4) is 0 Å². The van der Waals surface area contributed by atoms with Crippen molar-refractivity contribution in [3.8, 4) is 0 Å². The lowest BCUT2D eigenvalue weighted by Gasteiger charge is -2.50. The molecule has 3 rings (SSSR count). The van der Waals surface area contributed by atoms with E-state index in [1.807, 2.05) is 5.16 Å². The van der Waals surface area contributed by atoms with Crippen LogP contribution in [0.2, 0.25) is 0 Å². The molecule has 0 aromatic heterocycles. The van der Waals surface area contributed by atoms with Crippen molar-refractivity contribution in [2.45, 2.75) is 94.3 Å². The predicted molar refractivity (Wildman–Crippen MR) is 150 cm³/mol. The summed E-state index contributed by atoms with van der Waals surface area (Å²) in [6, 6.07) is 0. The van der Waals surface area contributed by atoms with Gasteiger partial charge in [0.25, 0.3) is 0 Å². The van der Waals surface area contributed by atoms with E-state index in [1.165, 1.54) is 27.0 Å². The van der Waals surface area contributed by atoms with Gasteiger partial charge in [0.2, 0.25) is 0 Å². The Morgan fingerprint density at radius 2 is 1.89 bits per heavy atom. The Morgan fingerprint density at radius 1 is 1.22 bits per heavy atom. The van der Waals surface area contributed by atoms with Crippen molar-refractivity contribution in [1.82, 2.24) is 0 Å². The van der Waals surface area contributed by atoms with Crippen LogP contribution in [0, 0.1) is 5.41 Å². The number of hydrogen-bond acceptors (Lipinski definition) is 17. The lowest BCUT2D eigenvalue weighted by Crippen LogP contribution is -2.69. The van der Waals surface area contributed by atoms with Crippen LogP contribution in [0.4, 0.5) is 0 Å². The third-order valence-electron chi connectivity index (χ3n) is 7.56. The molecule has 2 aliphatic heterocycles. The predicted octanol–water partition coefficient (Wildman–Crippen LogP) is -0.887. The molecule has 2 unspecified atom stereocenters. The second-order valence-corrected chi connectivity index (χ2v) is 10.6. The van der Waals surface area contributed by atoms with E-state index in [0.717, 1.165) is 6.92 Å². The summed E-state index contributed by atoms with van der Waals surface area (Å²) in [6.07, 6.45) is -13.3. The topological polar surface area (TPSA) is 261 Å². The van der Waals surface area contributed by atoms with Crippen LogP contribution in [0.1, 0.15) is 33.6 Å². The van der Waals surface area contributed by atoms with Crippen molar-refractivity contribution >= 4 is 46.8 Å². The molecule has 2 saturated heterocycles. The molecule has 0 saturated carbocycles. The summed E-state index contributed by atoms with van der Waals surface area (Å²) in [5.74, 6) is -6.42. The smallest absolute Gasteiger partial charge is 0.357 e. The van der Waals surface area contributed by atoms with Crippen molar-refractivity contribution in [2.75, 3.05) is 13.7 Å². The SMILES string of the molecule is CC=C(N=C=S)C(=O)O[C@H]1[C@@H](O[C@@H]2C[C@@H](OC)[C@@H](O)[C@@H](C)O2)[C@@H](O)C(C2(O)CC(=O)C(=N)C(C(=O)O)=C2O)O[C@@H]1COC(C)=O. The monoisotopic (exact) mass is 658 g/mol. The van der Waals surface area contributed by atoms with E-state index in [-0.39, 0.29) is 12.1 Å². The zero-order valence-corrected chi connectivity index (χ0v) is 25.4. The molecule has 2 heterocycles. The second kappa shape index (κ2) is 14.8. The highest BCUT2D eigenvalue weighted by Crippen LogP contribution is 2.41. The number of thiocarbonyl (C=S) groups is 1. The summed E-state index contributed by atoms with van der Waals surface area (Å²) in [4.78, 5) is 52.9. The number of carboxylic acids is 1. The number of aliphatic hydroxyl groups excluding tert-OH is 3. The minimum Gasteiger partial charge on any atom is -0.508 e. The zero-order chi connectivity index (χ0) is 33.8. The Bertz CT molecular complexity index is 1330. The molecule has 3 aliphatic rings. The van der Waals surface area contributed by atoms with Crippen LogP contribution in [-0.4, -0.2) is 135 Å². The molecule has 0 amide bonds. The molecule has 18 heteroatoms. The minimum absolute atomic E-state index is 0.115. The first kappa shape index (κ1) is 36.0. The fourth-order valence-electron chi connectivity index (χ4n) is 5.26. The molecule has 17 nitrogen and oxygen atoms in total. The number of nitrogens with one attached hydrogen (secondary N) is 1. The van der Waals surface area contributed by atoms with Crippen LogP contribution in [0.15, 0.2) is 28.1 Å². The van der Waals surface area contributed by atoms with Crippen molar-refractivity contribution in [1.29, 1.82) is 5.41 Å². The molecule has 0 spiro atoms. The normalized spacial score (nSPS) is 35.8. The highest BCUT2D eigenvalue weighted by Gasteiger charge is 2.61. The number of aliphatic imine (C=N–C) groups is 1. The quantitative estimate of drug-likeness (QED) is 0.0720. The molecule has 0 aromatic carbocycles. The summed E-state index contributed by atoms with van der Waals surface area (Å²) in [5, 5.41) is 63.9. The Balaban J connectivity index is 2.15. The maximum atomic E-state index is 13.1. The molecule has 0 aromatic rings. The van der Waals surface area contributed by atoms with E-state index in [4.69, 9.17) is 33.8 Å². The Kier molecular flexibility index (Phi) is 11.8. The average Bonchev–Trinajstić information content (AvgIpc) is 2.97. The van der Waals surface area contributed by atoms with Gasteiger partial charge in [-0.05, 0) is 26.1 Å². The third-order valence-corrected chi connectivity index (χ3v) is 7.65. The Labute approximate surface area is 261 Å². The number of methoxy groups -OCH3 is 1.